The summed E-state index contributed by atoms with van der Waals surface area (Å²) in [4.78, 5) is 22.7. The van der Waals surface area contributed by atoms with Crippen molar-refractivity contribution in [1.82, 2.24) is 24.6 Å². The number of carbonyl (C=O) groups is 1. The number of carbonyl (C=O) groups excluding carboxylic acids is 1. The molecule has 0 spiro atoms. The second-order valence-corrected chi connectivity index (χ2v) is 5.71. The number of nitrogens with zero attached hydrogens (tertiary/aromatic N) is 5. The molecule has 1 unspecified atom stereocenters. The summed E-state index contributed by atoms with van der Waals surface area (Å²) in [6.45, 7) is 2.91. The molecular formula is C17H19N5O. The van der Waals surface area contributed by atoms with Gasteiger partial charge in [-0.2, -0.15) is 5.10 Å². The van der Waals surface area contributed by atoms with Gasteiger partial charge in [-0.3, -0.25) is 14.5 Å². The summed E-state index contributed by atoms with van der Waals surface area (Å²) >= 11 is 0. The Morgan fingerprint density at radius 3 is 2.87 bits per heavy atom. The molecule has 1 aromatic carbocycles. The van der Waals surface area contributed by atoms with E-state index < -0.39 is 0 Å². The molecule has 3 aromatic rings. The monoisotopic (exact) mass is 309 g/mol. The highest BCUT2D eigenvalue weighted by Gasteiger charge is 2.18. The van der Waals surface area contributed by atoms with Crippen molar-refractivity contribution in [1.29, 1.82) is 0 Å². The molecule has 1 amide bonds. The van der Waals surface area contributed by atoms with Crippen molar-refractivity contribution in [2.24, 2.45) is 5.92 Å². The van der Waals surface area contributed by atoms with Gasteiger partial charge >= 0.3 is 0 Å². The molecule has 6 nitrogen and oxygen atoms in total. The Hall–Kier alpha value is -2.76. The first kappa shape index (κ1) is 15.1. The third kappa shape index (κ3) is 3.53. The van der Waals surface area contributed by atoms with Crippen molar-refractivity contribution < 1.29 is 4.79 Å². The van der Waals surface area contributed by atoms with Crippen molar-refractivity contribution in [3.05, 3.63) is 54.7 Å². The molecule has 0 radical (unpaired) electrons. The van der Waals surface area contributed by atoms with Crippen LogP contribution < -0.4 is 0 Å². The summed E-state index contributed by atoms with van der Waals surface area (Å²) < 4.78 is 1.67. The minimum atomic E-state index is -0.165. The van der Waals surface area contributed by atoms with Gasteiger partial charge in [0.05, 0.1) is 30.2 Å². The maximum atomic E-state index is 12.5. The average molecular weight is 309 g/mol. The van der Waals surface area contributed by atoms with E-state index in [4.69, 9.17) is 0 Å². The molecule has 118 valence electrons. The molecule has 0 N–H and O–H groups in total. The fourth-order valence-corrected chi connectivity index (χ4v) is 2.58. The van der Waals surface area contributed by atoms with E-state index in [1.807, 2.05) is 43.3 Å². The smallest absolute Gasteiger partial charge is 0.227 e. The number of fused-ring (bicyclic) bond motifs is 1. The number of hydrogen-bond acceptors (Lipinski definition) is 4. The predicted molar refractivity (Wildman–Crippen MR) is 87.4 cm³/mol. The van der Waals surface area contributed by atoms with Crippen LogP contribution in [0.5, 0.6) is 0 Å². The first-order chi connectivity index (χ1) is 11.1. The zero-order valence-corrected chi connectivity index (χ0v) is 13.3. The molecule has 2 heterocycles. The zero-order chi connectivity index (χ0) is 16.2. The molecule has 0 bridgehead atoms. The SMILES string of the molecule is CC(Cn1cncn1)C(=O)N(C)Cc1ccc2ccccc2n1. The molecule has 0 aliphatic heterocycles. The maximum absolute atomic E-state index is 12.5. The number of amides is 1. The zero-order valence-electron chi connectivity index (χ0n) is 13.3. The lowest BCUT2D eigenvalue weighted by Gasteiger charge is -2.21. The fraction of sp³-hybridized carbons (Fsp3) is 0.294. The molecule has 3 rings (SSSR count). The second-order valence-electron chi connectivity index (χ2n) is 5.71. The van der Waals surface area contributed by atoms with Gasteiger partial charge in [-0.05, 0) is 12.1 Å². The summed E-state index contributed by atoms with van der Waals surface area (Å²) in [6, 6.07) is 12.0. The fourth-order valence-electron chi connectivity index (χ4n) is 2.58. The highest BCUT2D eigenvalue weighted by atomic mass is 16.2. The van der Waals surface area contributed by atoms with E-state index in [1.54, 1.807) is 23.0 Å². The second kappa shape index (κ2) is 6.56. The predicted octanol–water partition coefficient (Wildman–Crippen LogP) is 2.12. The molecule has 23 heavy (non-hydrogen) atoms. The van der Waals surface area contributed by atoms with E-state index in [2.05, 4.69) is 15.1 Å². The minimum Gasteiger partial charge on any atom is -0.340 e. The molecule has 0 fully saturated rings. The third-order valence-corrected chi connectivity index (χ3v) is 3.78. The molecule has 0 saturated carbocycles. The Kier molecular flexibility index (Phi) is 4.32. The van der Waals surface area contributed by atoms with Gasteiger partial charge < -0.3 is 4.90 Å². The van der Waals surface area contributed by atoms with Gasteiger partial charge in [0.25, 0.3) is 0 Å². The molecule has 0 aliphatic carbocycles. The van der Waals surface area contributed by atoms with E-state index >= 15 is 0 Å². The Morgan fingerprint density at radius 2 is 2.09 bits per heavy atom. The first-order valence-corrected chi connectivity index (χ1v) is 7.55. The Labute approximate surface area is 134 Å². The van der Waals surface area contributed by atoms with Crippen LogP contribution in [0.2, 0.25) is 0 Å². The van der Waals surface area contributed by atoms with Gasteiger partial charge in [0.15, 0.2) is 0 Å². The lowest BCUT2D eigenvalue weighted by Crippen LogP contribution is -2.33. The van der Waals surface area contributed by atoms with Gasteiger partial charge in [0.1, 0.15) is 12.7 Å². The molecular weight excluding hydrogens is 290 g/mol. The van der Waals surface area contributed by atoms with E-state index in [9.17, 15) is 4.79 Å². The standard InChI is InChI=1S/C17H19N5O/c1-13(9-22-12-18-11-19-22)17(23)21(2)10-15-8-7-14-5-3-4-6-16(14)20-15/h3-8,11-13H,9-10H2,1-2H3. The molecule has 1 atom stereocenters. The summed E-state index contributed by atoms with van der Waals surface area (Å²) in [7, 11) is 1.80. The normalized spacial score (nSPS) is 12.3. The number of pyridine rings is 1. The van der Waals surface area contributed by atoms with Crippen molar-refractivity contribution in [3.63, 3.8) is 0 Å². The van der Waals surface area contributed by atoms with Crippen LogP contribution in [0.15, 0.2) is 49.1 Å². The minimum absolute atomic E-state index is 0.0652. The summed E-state index contributed by atoms with van der Waals surface area (Å²) in [5.74, 6) is -0.0994. The van der Waals surface area contributed by atoms with Crippen LogP contribution >= 0.6 is 0 Å². The van der Waals surface area contributed by atoms with Crippen LogP contribution in [0.1, 0.15) is 12.6 Å². The summed E-state index contributed by atoms with van der Waals surface area (Å²) in [5.41, 5.74) is 1.83. The molecule has 6 heteroatoms. The number of aromatic nitrogens is 4. The van der Waals surface area contributed by atoms with E-state index in [1.165, 1.54) is 6.33 Å². The van der Waals surface area contributed by atoms with Gasteiger partial charge in [0.2, 0.25) is 5.91 Å². The van der Waals surface area contributed by atoms with Gasteiger partial charge in [-0.25, -0.2) is 4.98 Å². The van der Waals surface area contributed by atoms with Crippen LogP contribution in [-0.2, 0) is 17.9 Å². The van der Waals surface area contributed by atoms with Crippen LogP contribution in [-0.4, -0.2) is 37.6 Å². The topological polar surface area (TPSA) is 63.9 Å². The highest BCUT2D eigenvalue weighted by Crippen LogP contribution is 2.13. The number of rotatable bonds is 5. The van der Waals surface area contributed by atoms with E-state index in [0.29, 0.717) is 13.1 Å². The lowest BCUT2D eigenvalue weighted by molar-refractivity contribution is -0.134. The maximum Gasteiger partial charge on any atom is 0.227 e. The molecule has 0 saturated heterocycles. The molecule has 2 aromatic heterocycles. The number of para-hydroxylation sites is 1. The van der Waals surface area contributed by atoms with Gasteiger partial charge in [-0.15, -0.1) is 0 Å². The van der Waals surface area contributed by atoms with Crippen molar-refractivity contribution in [2.45, 2.75) is 20.0 Å². The highest BCUT2D eigenvalue weighted by molar-refractivity contribution is 5.79. The Morgan fingerprint density at radius 1 is 1.26 bits per heavy atom. The van der Waals surface area contributed by atoms with Crippen molar-refractivity contribution in [2.75, 3.05) is 7.05 Å². The van der Waals surface area contributed by atoms with Crippen LogP contribution in [0.3, 0.4) is 0 Å². The number of benzene rings is 1. The largest absolute Gasteiger partial charge is 0.340 e. The van der Waals surface area contributed by atoms with E-state index in [0.717, 1.165) is 16.6 Å². The van der Waals surface area contributed by atoms with Gasteiger partial charge in [-0.1, -0.05) is 31.2 Å². The van der Waals surface area contributed by atoms with E-state index in [-0.39, 0.29) is 11.8 Å². The summed E-state index contributed by atoms with van der Waals surface area (Å²) in [6.07, 6.45) is 3.09. The Balaban J connectivity index is 1.66. The number of hydrogen-bond donors (Lipinski definition) is 0. The first-order valence-electron chi connectivity index (χ1n) is 7.55. The Bertz CT molecular complexity index is 800. The summed E-state index contributed by atoms with van der Waals surface area (Å²) in [5, 5.41) is 5.14. The van der Waals surface area contributed by atoms with Gasteiger partial charge in [0, 0.05) is 12.4 Å². The lowest BCUT2D eigenvalue weighted by atomic mass is 10.1. The van der Waals surface area contributed by atoms with Crippen molar-refractivity contribution in [3.8, 4) is 0 Å². The third-order valence-electron chi connectivity index (χ3n) is 3.78. The van der Waals surface area contributed by atoms with Crippen LogP contribution in [0, 0.1) is 5.92 Å². The van der Waals surface area contributed by atoms with Crippen LogP contribution in [0.4, 0.5) is 0 Å². The quantitative estimate of drug-likeness (QED) is 0.724. The molecule has 0 aliphatic rings. The van der Waals surface area contributed by atoms with Crippen LogP contribution in [0.25, 0.3) is 10.9 Å². The van der Waals surface area contributed by atoms with Crippen molar-refractivity contribution >= 4 is 16.8 Å². The average Bonchev–Trinajstić information content (AvgIpc) is 3.07.